The van der Waals surface area contributed by atoms with Crippen LogP contribution in [0, 0.1) is 11.8 Å². The first kappa shape index (κ1) is 8.53. The Morgan fingerprint density at radius 3 is 2.46 bits per heavy atom. The molecule has 2 saturated heterocycles. The zero-order valence-corrected chi connectivity index (χ0v) is 7.32. The molecule has 0 aromatic heterocycles. The number of esters is 2. The minimum absolute atomic E-state index is 0.0622. The van der Waals surface area contributed by atoms with Gasteiger partial charge in [-0.25, -0.2) is 0 Å². The van der Waals surface area contributed by atoms with Crippen molar-refractivity contribution in [3.63, 3.8) is 0 Å². The largest absolute Gasteiger partial charge is 0.466 e. The Hall–Kier alpha value is -1.06. The third-order valence-corrected chi connectivity index (χ3v) is 2.73. The Morgan fingerprint density at radius 2 is 1.85 bits per heavy atom. The molecule has 0 bridgehead atoms. The Morgan fingerprint density at radius 1 is 1.08 bits per heavy atom. The van der Waals surface area contributed by atoms with E-state index in [1.807, 2.05) is 0 Å². The number of carbonyl (C=O) groups is 2. The second-order valence-electron chi connectivity index (χ2n) is 3.54. The lowest BCUT2D eigenvalue weighted by Gasteiger charge is -2.23. The van der Waals surface area contributed by atoms with E-state index in [9.17, 15) is 9.59 Å². The maximum Gasteiger partial charge on any atom is 0.309 e. The Labute approximate surface area is 76.2 Å². The smallest absolute Gasteiger partial charge is 0.309 e. The molecule has 2 fully saturated rings. The molecule has 13 heavy (non-hydrogen) atoms. The SMILES string of the molecule is O=C1CC(C2CCOC2=O)CCO1. The molecule has 0 aromatic carbocycles. The van der Waals surface area contributed by atoms with Crippen LogP contribution in [0.15, 0.2) is 0 Å². The molecule has 2 aliphatic rings. The molecule has 72 valence electrons. The van der Waals surface area contributed by atoms with Gasteiger partial charge in [-0.1, -0.05) is 0 Å². The van der Waals surface area contributed by atoms with Crippen LogP contribution in [0.3, 0.4) is 0 Å². The molecule has 2 heterocycles. The third kappa shape index (κ3) is 1.66. The number of hydrogen-bond acceptors (Lipinski definition) is 4. The fourth-order valence-corrected chi connectivity index (χ4v) is 1.98. The molecule has 2 aliphatic heterocycles. The van der Waals surface area contributed by atoms with Gasteiger partial charge in [0.1, 0.15) is 0 Å². The Bertz CT molecular complexity index is 236. The molecule has 0 aromatic rings. The van der Waals surface area contributed by atoms with E-state index in [-0.39, 0.29) is 23.8 Å². The first-order chi connectivity index (χ1) is 6.27. The highest BCUT2D eigenvalue weighted by atomic mass is 16.5. The summed E-state index contributed by atoms with van der Waals surface area (Å²) in [7, 11) is 0. The van der Waals surface area contributed by atoms with Gasteiger partial charge in [0.15, 0.2) is 0 Å². The highest BCUT2D eigenvalue weighted by molar-refractivity contribution is 5.76. The molecule has 4 nitrogen and oxygen atoms in total. The topological polar surface area (TPSA) is 52.6 Å². The molecule has 0 spiro atoms. The van der Waals surface area contributed by atoms with Gasteiger partial charge in [0.25, 0.3) is 0 Å². The van der Waals surface area contributed by atoms with E-state index in [4.69, 9.17) is 9.47 Å². The quantitative estimate of drug-likeness (QED) is 0.557. The van der Waals surface area contributed by atoms with Crippen LogP contribution in [0.4, 0.5) is 0 Å². The van der Waals surface area contributed by atoms with Crippen LogP contribution >= 0.6 is 0 Å². The summed E-state index contributed by atoms with van der Waals surface area (Å²) in [5.74, 6) is -0.236. The average molecular weight is 184 g/mol. The van der Waals surface area contributed by atoms with Crippen LogP contribution in [0.1, 0.15) is 19.3 Å². The van der Waals surface area contributed by atoms with Gasteiger partial charge in [-0.3, -0.25) is 9.59 Å². The van der Waals surface area contributed by atoms with Crippen molar-refractivity contribution in [2.75, 3.05) is 13.2 Å². The van der Waals surface area contributed by atoms with Crippen molar-refractivity contribution in [1.29, 1.82) is 0 Å². The second-order valence-corrected chi connectivity index (χ2v) is 3.54. The fourth-order valence-electron chi connectivity index (χ4n) is 1.98. The lowest BCUT2D eigenvalue weighted by atomic mass is 9.85. The van der Waals surface area contributed by atoms with Crippen LogP contribution in [-0.4, -0.2) is 25.2 Å². The van der Waals surface area contributed by atoms with Gasteiger partial charge in [0.2, 0.25) is 0 Å². The molecular weight excluding hydrogens is 172 g/mol. The number of cyclic esters (lactones) is 2. The number of carbonyl (C=O) groups excluding carboxylic acids is 2. The van der Waals surface area contributed by atoms with Gasteiger partial charge in [-0.2, -0.15) is 0 Å². The van der Waals surface area contributed by atoms with E-state index in [0.29, 0.717) is 19.6 Å². The minimum atomic E-state index is -0.184. The van der Waals surface area contributed by atoms with Gasteiger partial charge >= 0.3 is 11.9 Å². The summed E-state index contributed by atoms with van der Waals surface area (Å²) < 4.78 is 9.67. The maximum atomic E-state index is 11.2. The molecular formula is C9H12O4. The highest BCUT2D eigenvalue weighted by Gasteiger charge is 2.37. The van der Waals surface area contributed by atoms with Crippen molar-refractivity contribution in [2.24, 2.45) is 11.8 Å². The normalized spacial score (nSPS) is 34.2. The number of hydrogen-bond donors (Lipinski definition) is 0. The molecule has 0 aliphatic carbocycles. The standard InChI is InChI=1S/C9H12O4/c10-8-5-6(1-3-12-8)7-2-4-13-9(7)11/h6-7H,1-5H2. The third-order valence-electron chi connectivity index (χ3n) is 2.73. The molecule has 2 atom stereocenters. The van der Waals surface area contributed by atoms with Gasteiger partial charge in [-0.15, -0.1) is 0 Å². The van der Waals surface area contributed by atoms with Crippen LogP contribution in [0.5, 0.6) is 0 Å². The first-order valence-electron chi connectivity index (χ1n) is 4.59. The van der Waals surface area contributed by atoms with Crippen molar-refractivity contribution < 1.29 is 19.1 Å². The van der Waals surface area contributed by atoms with Crippen molar-refractivity contribution in [2.45, 2.75) is 19.3 Å². The second kappa shape index (κ2) is 3.36. The summed E-state index contributed by atoms with van der Waals surface area (Å²) in [6, 6.07) is 0. The predicted octanol–water partition coefficient (Wildman–Crippen LogP) is 0.503. The monoisotopic (exact) mass is 184 g/mol. The van der Waals surface area contributed by atoms with E-state index in [1.165, 1.54) is 0 Å². The molecule has 0 saturated carbocycles. The van der Waals surface area contributed by atoms with E-state index in [2.05, 4.69) is 0 Å². The lowest BCUT2D eigenvalue weighted by Crippen LogP contribution is -2.28. The zero-order valence-electron chi connectivity index (χ0n) is 7.32. The van der Waals surface area contributed by atoms with E-state index in [0.717, 1.165) is 12.8 Å². The summed E-state index contributed by atoms with van der Waals surface area (Å²) in [5, 5.41) is 0. The van der Waals surface area contributed by atoms with Crippen molar-refractivity contribution in [3.8, 4) is 0 Å². The predicted molar refractivity (Wildman–Crippen MR) is 42.7 cm³/mol. The van der Waals surface area contributed by atoms with Gasteiger partial charge in [0.05, 0.1) is 19.1 Å². The van der Waals surface area contributed by atoms with Crippen molar-refractivity contribution >= 4 is 11.9 Å². The summed E-state index contributed by atoms with van der Waals surface area (Å²) in [4.78, 5) is 22.2. The van der Waals surface area contributed by atoms with E-state index in [1.54, 1.807) is 0 Å². The zero-order chi connectivity index (χ0) is 9.26. The number of rotatable bonds is 1. The van der Waals surface area contributed by atoms with E-state index < -0.39 is 0 Å². The first-order valence-corrected chi connectivity index (χ1v) is 4.59. The highest BCUT2D eigenvalue weighted by Crippen LogP contribution is 2.30. The minimum Gasteiger partial charge on any atom is -0.466 e. The molecule has 0 amide bonds. The maximum absolute atomic E-state index is 11.2. The summed E-state index contributed by atoms with van der Waals surface area (Å²) in [6.07, 6.45) is 1.93. The van der Waals surface area contributed by atoms with Crippen LogP contribution in [0.2, 0.25) is 0 Å². The van der Waals surface area contributed by atoms with Crippen molar-refractivity contribution in [1.82, 2.24) is 0 Å². The van der Waals surface area contributed by atoms with Gasteiger partial charge in [-0.05, 0) is 18.8 Å². The number of ether oxygens (including phenoxy) is 2. The lowest BCUT2D eigenvalue weighted by molar-refractivity contribution is -0.152. The fraction of sp³-hybridized carbons (Fsp3) is 0.778. The van der Waals surface area contributed by atoms with Crippen LogP contribution < -0.4 is 0 Å². The molecule has 2 unspecified atom stereocenters. The summed E-state index contributed by atoms with van der Waals surface area (Å²) >= 11 is 0. The summed E-state index contributed by atoms with van der Waals surface area (Å²) in [5.41, 5.74) is 0. The van der Waals surface area contributed by atoms with Gasteiger partial charge in [0, 0.05) is 6.42 Å². The Kier molecular flexibility index (Phi) is 2.20. The van der Waals surface area contributed by atoms with Crippen LogP contribution in [0.25, 0.3) is 0 Å². The Balaban J connectivity index is 1.99. The van der Waals surface area contributed by atoms with E-state index >= 15 is 0 Å². The van der Waals surface area contributed by atoms with Crippen LogP contribution in [-0.2, 0) is 19.1 Å². The molecule has 4 heteroatoms. The molecule has 0 radical (unpaired) electrons. The van der Waals surface area contributed by atoms with Crippen molar-refractivity contribution in [3.05, 3.63) is 0 Å². The summed E-state index contributed by atoms with van der Waals surface area (Å²) in [6.45, 7) is 0.961. The molecule has 2 rings (SSSR count). The molecule has 0 N–H and O–H groups in total. The average Bonchev–Trinajstić information content (AvgIpc) is 2.51. The van der Waals surface area contributed by atoms with Gasteiger partial charge < -0.3 is 9.47 Å².